The molecule has 4 unspecified atom stereocenters. The van der Waals surface area contributed by atoms with Crippen LogP contribution in [0.15, 0.2) is 18.2 Å². The number of nitrogens with two attached hydrogens (primary N) is 1. The maximum atomic E-state index is 17.2. The van der Waals surface area contributed by atoms with Gasteiger partial charge in [-0.15, -0.1) is 11.3 Å². The van der Waals surface area contributed by atoms with E-state index in [1.54, 1.807) is 16.7 Å². The molecule has 0 bridgehead atoms. The lowest BCUT2D eigenvalue weighted by molar-refractivity contribution is -0.137. The molecule has 4 atom stereocenters. The van der Waals surface area contributed by atoms with E-state index >= 15 is 17.6 Å². The average Bonchev–Trinajstić information content (AvgIpc) is 3.87. The van der Waals surface area contributed by atoms with E-state index in [-0.39, 0.29) is 82.7 Å². The molecule has 0 aliphatic carbocycles. The summed E-state index contributed by atoms with van der Waals surface area (Å²) in [6, 6.07) is 3.73. The first-order chi connectivity index (χ1) is 24.7. The third-order valence-electron chi connectivity index (χ3n) is 11.1. The van der Waals surface area contributed by atoms with Crippen LogP contribution in [0.3, 0.4) is 0 Å². The van der Waals surface area contributed by atoms with Crippen LogP contribution in [0, 0.1) is 23.0 Å². The van der Waals surface area contributed by atoms with Gasteiger partial charge in [0.05, 0.1) is 32.9 Å². The number of cyclic esters (lactones) is 1. The SMILES string of the molecule is CCN(c1nc(OCC23CCCN2CC(F)C3)nc2c(F)c(-c3ccc(F)c4sc(N)c(C#N)c34)c(C(F)(F)F)cc12)C1CN2C(=O)OCC2(C)C1. The maximum Gasteiger partial charge on any atom is 0.417 e. The second kappa shape index (κ2) is 12.0. The summed E-state index contributed by atoms with van der Waals surface area (Å²) >= 11 is 0.677. The van der Waals surface area contributed by atoms with Gasteiger partial charge in [0, 0.05) is 42.4 Å². The van der Waals surface area contributed by atoms with Gasteiger partial charge in [-0.3, -0.25) is 9.80 Å². The molecule has 4 aromatic rings. The summed E-state index contributed by atoms with van der Waals surface area (Å²) in [4.78, 5) is 26.8. The summed E-state index contributed by atoms with van der Waals surface area (Å²) in [6.07, 6.45) is -4.61. The highest BCUT2D eigenvalue weighted by molar-refractivity contribution is 7.23. The van der Waals surface area contributed by atoms with Gasteiger partial charge in [0.25, 0.3) is 0 Å². The van der Waals surface area contributed by atoms with Crippen molar-refractivity contribution < 1.29 is 40.6 Å². The number of hydrogen-bond donors (Lipinski definition) is 1. The fraction of sp³-hybridized carbons (Fsp3) is 0.486. The number of nitrogens with zero attached hydrogens (tertiary/aromatic N) is 6. The molecule has 4 saturated heterocycles. The predicted octanol–water partition coefficient (Wildman–Crippen LogP) is 7.03. The van der Waals surface area contributed by atoms with Crippen molar-refractivity contribution in [1.29, 1.82) is 5.26 Å². The Morgan fingerprint density at radius 2 is 2.02 bits per heavy atom. The molecule has 0 radical (unpaired) electrons. The molecule has 0 spiro atoms. The van der Waals surface area contributed by atoms with Crippen molar-refractivity contribution >= 4 is 49.2 Å². The highest BCUT2D eigenvalue weighted by atomic mass is 32.1. The van der Waals surface area contributed by atoms with E-state index < -0.39 is 63.8 Å². The molecule has 0 saturated carbocycles. The van der Waals surface area contributed by atoms with Crippen molar-refractivity contribution in [2.75, 3.05) is 50.0 Å². The van der Waals surface area contributed by atoms with E-state index in [2.05, 4.69) is 9.97 Å². The number of hydrogen-bond acceptors (Lipinski definition) is 10. The number of aromatic nitrogens is 2. The zero-order valence-corrected chi connectivity index (χ0v) is 28.9. The lowest BCUT2D eigenvalue weighted by atomic mass is 9.92. The zero-order valence-electron chi connectivity index (χ0n) is 28.1. The number of thiophene rings is 1. The average molecular weight is 746 g/mol. The summed E-state index contributed by atoms with van der Waals surface area (Å²) in [5.41, 5.74) is 1.18. The van der Waals surface area contributed by atoms with E-state index in [9.17, 15) is 18.8 Å². The van der Waals surface area contributed by atoms with E-state index in [0.29, 0.717) is 30.7 Å². The molecule has 2 N–H and O–H groups in total. The van der Waals surface area contributed by atoms with Gasteiger partial charge in [0.1, 0.15) is 47.6 Å². The standard InChI is InChI=1S/C35H33F6N7O3S/c1-3-47(18-11-33(2)15-51-32(49)48(33)14-18)30-20-9-22(35(39,40)41)25(19-5-6-23(37)28-24(19)21(12-42)29(43)52-28)26(38)27(20)44-31(45-30)50-16-34-7-4-8-46(34)13-17(36)10-34/h5-6,9,17-18H,3-4,7-8,10-11,13-16,43H2,1-2H3. The van der Waals surface area contributed by atoms with Crippen LogP contribution in [0.2, 0.25) is 0 Å². The number of anilines is 2. The molecule has 4 fully saturated rings. The van der Waals surface area contributed by atoms with Gasteiger partial charge in [-0.05, 0) is 57.4 Å². The number of nitrogen functional groups attached to an aromatic ring is 1. The largest absolute Gasteiger partial charge is 0.461 e. The smallest absolute Gasteiger partial charge is 0.417 e. The Morgan fingerprint density at radius 3 is 2.73 bits per heavy atom. The van der Waals surface area contributed by atoms with Gasteiger partial charge in [-0.25, -0.2) is 18.0 Å². The van der Waals surface area contributed by atoms with Crippen LogP contribution in [0.5, 0.6) is 6.01 Å². The highest BCUT2D eigenvalue weighted by Crippen LogP contribution is 2.49. The normalized spacial score (nSPS) is 25.9. The van der Waals surface area contributed by atoms with Crippen LogP contribution < -0.4 is 15.4 Å². The monoisotopic (exact) mass is 745 g/mol. The molecule has 52 heavy (non-hydrogen) atoms. The molecule has 274 valence electrons. The molecule has 17 heteroatoms. The number of rotatable bonds is 7. The Kier molecular flexibility index (Phi) is 7.96. The van der Waals surface area contributed by atoms with Crippen molar-refractivity contribution in [3.05, 3.63) is 41.0 Å². The van der Waals surface area contributed by atoms with Crippen molar-refractivity contribution in [3.63, 3.8) is 0 Å². The van der Waals surface area contributed by atoms with Gasteiger partial charge in [0.15, 0.2) is 5.82 Å². The number of amides is 1. The van der Waals surface area contributed by atoms with Crippen LogP contribution in [-0.4, -0.2) is 88.5 Å². The van der Waals surface area contributed by atoms with Crippen LogP contribution in [-0.2, 0) is 10.9 Å². The van der Waals surface area contributed by atoms with Crippen LogP contribution in [0.25, 0.3) is 32.1 Å². The van der Waals surface area contributed by atoms with Crippen molar-refractivity contribution in [2.45, 2.75) is 69.0 Å². The fourth-order valence-electron chi connectivity index (χ4n) is 8.75. The minimum absolute atomic E-state index is 0.0288. The Morgan fingerprint density at radius 1 is 1.23 bits per heavy atom. The number of halogens is 6. The van der Waals surface area contributed by atoms with Gasteiger partial charge in [-0.1, -0.05) is 6.07 Å². The second-order valence-corrected chi connectivity index (χ2v) is 15.3. The number of benzene rings is 2. The molecular formula is C35H33F6N7O3S. The first-order valence-corrected chi connectivity index (χ1v) is 17.7. The molecule has 6 heterocycles. The van der Waals surface area contributed by atoms with Crippen LogP contribution in [0.1, 0.15) is 50.7 Å². The number of ether oxygens (including phenoxy) is 2. The molecule has 2 aromatic heterocycles. The Labute approximate surface area is 297 Å². The number of nitriles is 1. The minimum Gasteiger partial charge on any atom is -0.461 e. The van der Waals surface area contributed by atoms with Crippen molar-refractivity contribution in [2.24, 2.45) is 0 Å². The molecule has 10 nitrogen and oxygen atoms in total. The van der Waals surface area contributed by atoms with E-state index in [1.807, 2.05) is 17.9 Å². The summed E-state index contributed by atoms with van der Waals surface area (Å²) in [5.74, 6) is -2.26. The van der Waals surface area contributed by atoms with Gasteiger partial charge in [0.2, 0.25) is 0 Å². The van der Waals surface area contributed by atoms with Crippen LogP contribution >= 0.6 is 11.3 Å². The first kappa shape index (κ1) is 34.5. The second-order valence-electron chi connectivity index (χ2n) is 14.3. The molecule has 4 aliphatic rings. The zero-order chi connectivity index (χ0) is 36.9. The van der Waals surface area contributed by atoms with Crippen LogP contribution in [0.4, 0.5) is 42.0 Å². The van der Waals surface area contributed by atoms with Crippen molar-refractivity contribution in [1.82, 2.24) is 19.8 Å². The molecular weight excluding hydrogens is 712 g/mol. The van der Waals surface area contributed by atoms with Gasteiger partial charge >= 0.3 is 18.3 Å². The number of carbonyl (C=O) groups excluding carboxylic acids is 1. The molecule has 4 aliphatic heterocycles. The number of carbonyl (C=O) groups is 1. The van der Waals surface area contributed by atoms with Gasteiger partial charge < -0.3 is 20.1 Å². The summed E-state index contributed by atoms with van der Waals surface area (Å²) in [7, 11) is 0. The Balaban J connectivity index is 1.35. The van der Waals surface area contributed by atoms with Crippen molar-refractivity contribution in [3.8, 4) is 23.2 Å². The Bertz CT molecular complexity index is 2190. The summed E-state index contributed by atoms with van der Waals surface area (Å²) in [6.45, 7) is 5.04. The maximum absolute atomic E-state index is 17.2. The fourth-order valence-corrected chi connectivity index (χ4v) is 9.70. The lowest BCUT2D eigenvalue weighted by Gasteiger charge is -2.32. The first-order valence-electron chi connectivity index (χ1n) is 16.9. The summed E-state index contributed by atoms with van der Waals surface area (Å²) in [5, 5.41) is 9.22. The topological polar surface area (TPSA) is 121 Å². The number of fused-ring (bicyclic) bond motifs is 4. The van der Waals surface area contributed by atoms with Gasteiger partial charge in [-0.2, -0.15) is 28.4 Å². The van der Waals surface area contributed by atoms with E-state index in [1.165, 1.54) is 0 Å². The Hall–Kier alpha value is -4.56. The third kappa shape index (κ3) is 5.19. The molecule has 2 aromatic carbocycles. The predicted molar refractivity (Wildman–Crippen MR) is 181 cm³/mol. The lowest BCUT2D eigenvalue weighted by Crippen LogP contribution is -2.43. The molecule has 8 rings (SSSR count). The number of alkyl halides is 4. The third-order valence-corrected chi connectivity index (χ3v) is 12.2. The summed E-state index contributed by atoms with van der Waals surface area (Å²) < 4.78 is 103. The number of likely N-dealkylation sites (N-methyl/N-ethyl adjacent to an activating group) is 1. The molecule has 1 amide bonds. The van der Waals surface area contributed by atoms with E-state index in [0.717, 1.165) is 24.6 Å². The quantitative estimate of drug-likeness (QED) is 0.199. The highest BCUT2D eigenvalue weighted by Gasteiger charge is 2.53. The minimum atomic E-state index is -5.13. The van der Waals surface area contributed by atoms with E-state index in [4.69, 9.17) is 15.2 Å².